The summed E-state index contributed by atoms with van der Waals surface area (Å²) in [6.07, 6.45) is 5.74. The van der Waals surface area contributed by atoms with Gasteiger partial charge < -0.3 is 0 Å². The Morgan fingerprint density at radius 3 is 2.00 bits per heavy atom. The maximum atomic E-state index is 11.1. The zero-order valence-electron chi connectivity index (χ0n) is 7.65. The number of hydrogen-bond donors (Lipinski definition) is 0. The first-order chi connectivity index (χ1) is 6.07. The number of hydrogen-bond acceptors (Lipinski definition) is 3. The lowest BCUT2D eigenvalue weighted by Gasteiger charge is -2.33. The molecule has 5 heteroatoms. The largest absolute Gasteiger partial charge is 0.298 e. The predicted octanol–water partition coefficient (Wildman–Crippen LogP) is -0.112. The van der Waals surface area contributed by atoms with Gasteiger partial charge in [0.05, 0.1) is 6.26 Å². The van der Waals surface area contributed by atoms with Gasteiger partial charge in [-0.25, -0.2) is 8.42 Å². The first-order valence-electron chi connectivity index (χ1n) is 4.64. The second kappa shape index (κ2) is 3.22. The lowest BCUT2D eigenvalue weighted by molar-refractivity contribution is 0.181. The van der Waals surface area contributed by atoms with Crippen LogP contribution in [0.5, 0.6) is 0 Å². The molecule has 0 amide bonds. The molecular formula is C8H15N2O2S. The van der Waals surface area contributed by atoms with Gasteiger partial charge in [-0.3, -0.25) is 4.90 Å². The smallest absolute Gasteiger partial charge is 0.215 e. The van der Waals surface area contributed by atoms with Crippen LogP contribution in [0.1, 0.15) is 12.8 Å². The van der Waals surface area contributed by atoms with E-state index < -0.39 is 10.0 Å². The molecule has 13 heavy (non-hydrogen) atoms. The van der Waals surface area contributed by atoms with Gasteiger partial charge in [-0.15, -0.1) is 0 Å². The van der Waals surface area contributed by atoms with Crippen LogP contribution in [0.2, 0.25) is 0 Å². The van der Waals surface area contributed by atoms with Crippen LogP contribution < -0.4 is 0 Å². The monoisotopic (exact) mass is 203 g/mol. The summed E-state index contributed by atoms with van der Waals surface area (Å²) < 4.78 is 23.6. The Kier molecular flexibility index (Phi) is 2.33. The highest BCUT2D eigenvalue weighted by Crippen LogP contribution is 2.27. The summed E-state index contributed by atoms with van der Waals surface area (Å²) in [4.78, 5) is 2.38. The number of piperazine rings is 1. The van der Waals surface area contributed by atoms with Crippen molar-refractivity contribution in [1.82, 2.24) is 9.21 Å². The van der Waals surface area contributed by atoms with Crippen LogP contribution in [0.15, 0.2) is 0 Å². The summed E-state index contributed by atoms with van der Waals surface area (Å²) in [6, 6.07) is 0.745. The Bertz CT molecular complexity index is 277. The molecular weight excluding hydrogens is 188 g/mol. The molecule has 4 nitrogen and oxygen atoms in total. The molecule has 0 aromatic rings. The number of rotatable bonds is 2. The summed E-state index contributed by atoms with van der Waals surface area (Å²) in [5.41, 5.74) is 0. The minimum atomic E-state index is -3.20. The molecule has 0 spiro atoms. The van der Waals surface area contributed by atoms with Gasteiger partial charge in [0.15, 0.2) is 0 Å². The topological polar surface area (TPSA) is 40.6 Å². The summed E-state index contributed by atoms with van der Waals surface area (Å²) >= 11 is 0. The molecule has 1 heterocycles. The van der Waals surface area contributed by atoms with Gasteiger partial charge in [-0.05, 0) is 12.8 Å². The quantitative estimate of drug-likeness (QED) is 0.628. The highest BCUT2D eigenvalue weighted by molar-refractivity contribution is 7.90. The van der Waals surface area contributed by atoms with Crippen LogP contribution in [0.25, 0.3) is 0 Å². The third-order valence-electron chi connectivity index (χ3n) is 2.73. The molecule has 0 atom stereocenters. The second-order valence-corrected chi connectivity index (χ2v) is 5.46. The molecule has 1 aliphatic heterocycles. The van der Waals surface area contributed by atoms with Gasteiger partial charge in [-0.2, -0.15) is 4.31 Å². The molecule has 2 fully saturated rings. The Morgan fingerprint density at radius 1 is 1.08 bits per heavy atom. The van der Waals surface area contributed by atoms with Crippen molar-refractivity contribution in [2.75, 3.05) is 26.2 Å². The predicted molar refractivity (Wildman–Crippen MR) is 50.4 cm³/mol. The van der Waals surface area contributed by atoms with E-state index in [9.17, 15) is 8.42 Å². The fourth-order valence-electron chi connectivity index (χ4n) is 1.79. The molecule has 1 saturated carbocycles. The molecule has 1 saturated heterocycles. The van der Waals surface area contributed by atoms with Crippen molar-refractivity contribution in [3.63, 3.8) is 0 Å². The van der Waals surface area contributed by atoms with Crippen molar-refractivity contribution in [1.29, 1.82) is 0 Å². The molecule has 1 radical (unpaired) electrons. The standard InChI is InChI=1S/C8H15N2O2S/c1-13(11,12)10-6-4-9(5-7-10)8-2-3-8/h8H,1-7H2. The van der Waals surface area contributed by atoms with Crippen molar-refractivity contribution in [2.45, 2.75) is 18.9 Å². The molecule has 2 aliphatic rings. The van der Waals surface area contributed by atoms with E-state index in [2.05, 4.69) is 11.2 Å². The van der Waals surface area contributed by atoms with E-state index in [1.807, 2.05) is 0 Å². The third-order valence-corrected chi connectivity index (χ3v) is 3.88. The lowest BCUT2D eigenvalue weighted by Crippen LogP contribution is -2.48. The summed E-state index contributed by atoms with van der Waals surface area (Å²) in [5, 5.41) is 0. The zero-order valence-corrected chi connectivity index (χ0v) is 8.46. The first kappa shape index (κ1) is 9.43. The van der Waals surface area contributed by atoms with E-state index in [-0.39, 0.29) is 0 Å². The van der Waals surface area contributed by atoms with Gasteiger partial charge in [-0.1, -0.05) is 0 Å². The fourth-order valence-corrected chi connectivity index (χ4v) is 2.51. The van der Waals surface area contributed by atoms with Crippen LogP contribution >= 0.6 is 0 Å². The van der Waals surface area contributed by atoms with E-state index in [4.69, 9.17) is 0 Å². The van der Waals surface area contributed by atoms with Gasteiger partial charge in [0.2, 0.25) is 10.0 Å². The van der Waals surface area contributed by atoms with Crippen LogP contribution in [-0.2, 0) is 10.0 Å². The Hall–Kier alpha value is -0.130. The maximum absolute atomic E-state index is 11.1. The van der Waals surface area contributed by atoms with Crippen molar-refractivity contribution >= 4 is 10.0 Å². The van der Waals surface area contributed by atoms with E-state index >= 15 is 0 Å². The SMILES string of the molecule is [CH2]S(=O)(=O)N1CCN(C2CC2)CC1. The molecule has 0 unspecified atom stereocenters. The van der Waals surface area contributed by atoms with Crippen LogP contribution in [0.4, 0.5) is 0 Å². The van der Waals surface area contributed by atoms with Gasteiger partial charge in [0.1, 0.15) is 0 Å². The highest BCUT2D eigenvalue weighted by atomic mass is 32.2. The molecule has 75 valence electrons. The molecule has 2 rings (SSSR count). The molecule has 0 aromatic heterocycles. The van der Waals surface area contributed by atoms with Gasteiger partial charge >= 0.3 is 0 Å². The van der Waals surface area contributed by atoms with Crippen LogP contribution in [0, 0.1) is 6.26 Å². The minimum Gasteiger partial charge on any atom is -0.298 e. The zero-order chi connectivity index (χ0) is 9.47. The highest BCUT2D eigenvalue weighted by Gasteiger charge is 2.32. The van der Waals surface area contributed by atoms with Gasteiger partial charge in [0, 0.05) is 32.2 Å². The second-order valence-electron chi connectivity index (χ2n) is 3.78. The van der Waals surface area contributed by atoms with Gasteiger partial charge in [0.25, 0.3) is 0 Å². The Balaban J connectivity index is 1.88. The molecule has 0 bridgehead atoms. The average Bonchev–Trinajstić information content (AvgIpc) is 2.85. The first-order valence-corrected chi connectivity index (χ1v) is 6.25. The van der Waals surface area contributed by atoms with E-state index in [0.29, 0.717) is 13.1 Å². The average molecular weight is 203 g/mol. The Labute approximate surface area is 79.6 Å². The van der Waals surface area contributed by atoms with Crippen LogP contribution in [0.3, 0.4) is 0 Å². The third kappa shape index (κ3) is 2.21. The maximum Gasteiger partial charge on any atom is 0.215 e. The van der Waals surface area contributed by atoms with E-state index in [0.717, 1.165) is 19.1 Å². The molecule has 1 aliphatic carbocycles. The normalized spacial score (nSPS) is 27.8. The van der Waals surface area contributed by atoms with Crippen molar-refractivity contribution in [3.05, 3.63) is 6.26 Å². The van der Waals surface area contributed by atoms with E-state index in [1.54, 1.807) is 0 Å². The Morgan fingerprint density at radius 2 is 1.62 bits per heavy atom. The number of nitrogens with zero attached hydrogens (tertiary/aromatic N) is 2. The fraction of sp³-hybridized carbons (Fsp3) is 0.875. The summed E-state index contributed by atoms with van der Waals surface area (Å²) in [7, 11) is -3.20. The summed E-state index contributed by atoms with van der Waals surface area (Å²) in [5.74, 6) is 0. The molecule has 0 aromatic carbocycles. The van der Waals surface area contributed by atoms with Crippen molar-refractivity contribution < 1.29 is 8.42 Å². The number of sulfonamides is 1. The minimum absolute atomic E-state index is 0.613. The van der Waals surface area contributed by atoms with Crippen molar-refractivity contribution in [3.8, 4) is 0 Å². The van der Waals surface area contributed by atoms with Crippen molar-refractivity contribution in [2.24, 2.45) is 0 Å². The summed E-state index contributed by atoms with van der Waals surface area (Å²) in [6.45, 7) is 2.98. The van der Waals surface area contributed by atoms with Crippen LogP contribution in [-0.4, -0.2) is 49.8 Å². The molecule has 0 N–H and O–H groups in total. The lowest BCUT2D eigenvalue weighted by atomic mass is 10.3. The van der Waals surface area contributed by atoms with E-state index in [1.165, 1.54) is 17.1 Å².